The summed E-state index contributed by atoms with van der Waals surface area (Å²) in [7, 11) is 0. The van der Waals surface area contributed by atoms with Crippen molar-refractivity contribution < 1.29 is 9.15 Å². The fourth-order valence-corrected chi connectivity index (χ4v) is 1.75. The fourth-order valence-electron chi connectivity index (χ4n) is 1.75. The Morgan fingerprint density at radius 1 is 1.46 bits per heavy atom. The van der Waals surface area contributed by atoms with Crippen molar-refractivity contribution in [3.63, 3.8) is 0 Å². The highest BCUT2D eigenvalue weighted by Gasteiger charge is 2.42. The average Bonchev–Trinajstić information content (AvgIpc) is 2.44. The summed E-state index contributed by atoms with van der Waals surface area (Å²) < 4.78 is 10.8. The SMILES string of the molecule is Cc1ccc(C2(CCN)COC2)o1. The highest BCUT2D eigenvalue weighted by Crippen LogP contribution is 2.36. The molecule has 0 spiro atoms. The van der Waals surface area contributed by atoms with Crippen molar-refractivity contribution in [1.82, 2.24) is 0 Å². The van der Waals surface area contributed by atoms with E-state index in [0.29, 0.717) is 6.54 Å². The summed E-state index contributed by atoms with van der Waals surface area (Å²) >= 11 is 0. The topological polar surface area (TPSA) is 48.4 Å². The quantitative estimate of drug-likeness (QED) is 0.762. The monoisotopic (exact) mass is 181 g/mol. The Kier molecular flexibility index (Phi) is 2.14. The van der Waals surface area contributed by atoms with E-state index < -0.39 is 0 Å². The van der Waals surface area contributed by atoms with Crippen molar-refractivity contribution in [2.24, 2.45) is 5.73 Å². The van der Waals surface area contributed by atoms with Gasteiger partial charge in [0.25, 0.3) is 0 Å². The van der Waals surface area contributed by atoms with E-state index in [9.17, 15) is 0 Å². The van der Waals surface area contributed by atoms with E-state index in [1.165, 1.54) is 0 Å². The molecule has 0 atom stereocenters. The Labute approximate surface area is 77.9 Å². The number of furan rings is 1. The first kappa shape index (κ1) is 8.78. The molecule has 72 valence electrons. The molecule has 2 rings (SSSR count). The van der Waals surface area contributed by atoms with Gasteiger partial charge in [-0.15, -0.1) is 0 Å². The minimum absolute atomic E-state index is 0.0724. The van der Waals surface area contributed by atoms with Crippen LogP contribution in [0.2, 0.25) is 0 Å². The summed E-state index contributed by atoms with van der Waals surface area (Å²) in [6.45, 7) is 4.14. The van der Waals surface area contributed by atoms with E-state index in [1.807, 2.05) is 19.1 Å². The average molecular weight is 181 g/mol. The van der Waals surface area contributed by atoms with Crippen LogP contribution < -0.4 is 5.73 Å². The molecule has 0 radical (unpaired) electrons. The molecular weight excluding hydrogens is 166 g/mol. The summed E-state index contributed by atoms with van der Waals surface area (Å²) in [6, 6.07) is 4.03. The van der Waals surface area contributed by atoms with Gasteiger partial charge in [-0.1, -0.05) is 0 Å². The Morgan fingerprint density at radius 2 is 2.23 bits per heavy atom. The standard InChI is InChI=1S/C10H15NO2/c1-8-2-3-9(13-8)10(4-5-11)6-12-7-10/h2-3H,4-7,11H2,1H3. The van der Waals surface area contributed by atoms with Gasteiger partial charge in [0.15, 0.2) is 0 Å². The summed E-state index contributed by atoms with van der Waals surface area (Å²) in [4.78, 5) is 0. The lowest BCUT2D eigenvalue weighted by molar-refractivity contribution is -0.0732. The molecule has 0 bridgehead atoms. The van der Waals surface area contributed by atoms with Gasteiger partial charge in [0.1, 0.15) is 11.5 Å². The van der Waals surface area contributed by atoms with Crippen LogP contribution in [-0.2, 0) is 10.2 Å². The lowest BCUT2D eigenvalue weighted by atomic mass is 9.80. The predicted octanol–water partition coefficient (Wildman–Crippen LogP) is 1.20. The van der Waals surface area contributed by atoms with Crippen LogP contribution in [0.1, 0.15) is 17.9 Å². The smallest absolute Gasteiger partial charge is 0.115 e. The molecule has 2 N–H and O–H groups in total. The number of rotatable bonds is 3. The van der Waals surface area contributed by atoms with Crippen molar-refractivity contribution in [2.75, 3.05) is 19.8 Å². The molecule has 1 aromatic rings. The maximum Gasteiger partial charge on any atom is 0.115 e. The van der Waals surface area contributed by atoms with E-state index in [-0.39, 0.29) is 5.41 Å². The Hall–Kier alpha value is -0.800. The molecule has 1 aliphatic heterocycles. The molecule has 1 saturated heterocycles. The molecule has 0 amide bonds. The van der Waals surface area contributed by atoms with Crippen LogP contribution in [0.15, 0.2) is 16.5 Å². The Balaban J connectivity index is 2.21. The summed E-state index contributed by atoms with van der Waals surface area (Å²) in [5.74, 6) is 1.99. The van der Waals surface area contributed by atoms with Gasteiger partial charge in [-0.2, -0.15) is 0 Å². The maximum atomic E-state index is 5.61. The maximum absolute atomic E-state index is 5.61. The summed E-state index contributed by atoms with van der Waals surface area (Å²) in [6.07, 6.45) is 0.944. The number of aryl methyl sites for hydroxylation is 1. The van der Waals surface area contributed by atoms with Crippen LogP contribution in [0.25, 0.3) is 0 Å². The van der Waals surface area contributed by atoms with Gasteiger partial charge in [-0.25, -0.2) is 0 Å². The second-order valence-corrected chi connectivity index (χ2v) is 3.72. The number of hydrogen-bond donors (Lipinski definition) is 1. The molecule has 0 unspecified atom stereocenters. The third-order valence-electron chi connectivity index (χ3n) is 2.64. The molecular formula is C10H15NO2. The fraction of sp³-hybridized carbons (Fsp3) is 0.600. The molecule has 1 aromatic heterocycles. The van der Waals surface area contributed by atoms with E-state index in [1.54, 1.807) is 0 Å². The lowest BCUT2D eigenvalue weighted by Gasteiger charge is -2.39. The summed E-state index contributed by atoms with van der Waals surface area (Å²) in [5, 5.41) is 0. The van der Waals surface area contributed by atoms with Crippen LogP contribution in [0.5, 0.6) is 0 Å². The second kappa shape index (κ2) is 3.16. The molecule has 13 heavy (non-hydrogen) atoms. The molecule has 3 nitrogen and oxygen atoms in total. The van der Waals surface area contributed by atoms with Crippen LogP contribution in [0.4, 0.5) is 0 Å². The van der Waals surface area contributed by atoms with Crippen molar-refractivity contribution in [2.45, 2.75) is 18.8 Å². The van der Waals surface area contributed by atoms with Crippen LogP contribution >= 0.6 is 0 Å². The molecule has 0 aliphatic carbocycles. The minimum Gasteiger partial charge on any atom is -0.466 e. The first-order valence-electron chi connectivity index (χ1n) is 4.62. The molecule has 2 heterocycles. The van der Waals surface area contributed by atoms with E-state index in [2.05, 4.69) is 0 Å². The van der Waals surface area contributed by atoms with Gasteiger partial charge in [0.05, 0.1) is 18.6 Å². The number of ether oxygens (including phenoxy) is 1. The van der Waals surface area contributed by atoms with Gasteiger partial charge in [0.2, 0.25) is 0 Å². The first-order chi connectivity index (χ1) is 6.27. The number of nitrogens with two attached hydrogens (primary N) is 1. The van der Waals surface area contributed by atoms with Crippen molar-refractivity contribution >= 4 is 0 Å². The van der Waals surface area contributed by atoms with Crippen molar-refractivity contribution in [3.05, 3.63) is 23.7 Å². The van der Waals surface area contributed by atoms with Crippen LogP contribution in [-0.4, -0.2) is 19.8 Å². The zero-order chi connectivity index (χ0) is 9.31. The van der Waals surface area contributed by atoms with Crippen molar-refractivity contribution in [3.8, 4) is 0 Å². The Bertz CT molecular complexity index is 289. The second-order valence-electron chi connectivity index (χ2n) is 3.72. The molecule has 1 aliphatic rings. The van der Waals surface area contributed by atoms with Crippen LogP contribution in [0, 0.1) is 6.92 Å². The molecule has 0 saturated carbocycles. The molecule has 1 fully saturated rings. The normalized spacial score (nSPS) is 19.8. The van der Waals surface area contributed by atoms with Gasteiger partial charge in [0, 0.05) is 0 Å². The highest BCUT2D eigenvalue weighted by atomic mass is 16.5. The van der Waals surface area contributed by atoms with Gasteiger partial charge >= 0.3 is 0 Å². The zero-order valence-corrected chi connectivity index (χ0v) is 7.88. The summed E-state index contributed by atoms with van der Waals surface area (Å²) in [5.41, 5.74) is 5.64. The highest BCUT2D eigenvalue weighted by molar-refractivity contribution is 5.20. The lowest BCUT2D eigenvalue weighted by Crippen LogP contribution is -2.47. The van der Waals surface area contributed by atoms with Gasteiger partial charge < -0.3 is 14.9 Å². The van der Waals surface area contributed by atoms with E-state index >= 15 is 0 Å². The van der Waals surface area contributed by atoms with Gasteiger partial charge in [-0.3, -0.25) is 0 Å². The number of hydrogen-bond acceptors (Lipinski definition) is 3. The largest absolute Gasteiger partial charge is 0.466 e. The third-order valence-corrected chi connectivity index (χ3v) is 2.64. The van der Waals surface area contributed by atoms with E-state index in [4.69, 9.17) is 14.9 Å². The third kappa shape index (κ3) is 1.38. The molecule has 3 heteroatoms. The predicted molar refractivity (Wildman–Crippen MR) is 49.6 cm³/mol. The zero-order valence-electron chi connectivity index (χ0n) is 7.88. The van der Waals surface area contributed by atoms with Gasteiger partial charge in [-0.05, 0) is 32.0 Å². The van der Waals surface area contributed by atoms with Crippen LogP contribution in [0.3, 0.4) is 0 Å². The molecule has 0 aromatic carbocycles. The van der Waals surface area contributed by atoms with E-state index in [0.717, 1.165) is 31.2 Å². The minimum atomic E-state index is 0.0724. The first-order valence-corrected chi connectivity index (χ1v) is 4.62. The van der Waals surface area contributed by atoms with Crippen molar-refractivity contribution in [1.29, 1.82) is 0 Å². The Morgan fingerprint density at radius 3 is 2.62 bits per heavy atom.